The molecule has 2 N–H and O–H groups in total. The monoisotopic (exact) mass is 310 g/mol. The topological polar surface area (TPSA) is 74.9 Å². The maximum atomic E-state index is 12.1. The third kappa shape index (κ3) is 4.56. The van der Waals surface area contributed by atoms with Crippen molar-refractivity contribution in [3.8, 4) is 0 Å². The van der Waals surface area contributed by atoms with Crippen LogP contribution in [0.25, 0.3) is 0 Å². The molecule has 1 fully saturated rings. The van der Waals surface area contributed by atoms with Gasteiger partial charge in [-0.3, -0.25) is 9.69 Å². The van der Waals surface area contributed by atoms with Gasteiger partial charge in [-0.2, -0.15) is 0 Å². The molecule has 0 saturated carbocycles. The average Bonchev–Trinajstić information content (AvgIpc) is 2.86. The van der Waals surface area contributed by atoms with Gasteiger partial charge in [-0.05, 0) is 25.5 Å². The lowest BCUT2D eigenvalue weighted by Crippen LogP contribution is -2.51. The number of β-amino-alcohol motifs (C(OH)–C–C–N with tert-alkyl or cyclic N) is 1. The molecule has 1 aromatic rings. The first-order valence-electron chi connectivity index (χ1n) is 7.81. The number of furan rings is 1. The van der Waals surface area contributed by atoms with Crippen molar-refractivity contribution in [2.75, 3.05) is 39.4 Å². The van der Waals surface area contributed by atoms with Crippen LogP contribution in [0.15, 0.2) is 10.5 Å². The number of nitrogens with one attached hydrogen (secondary N) is 1. The molecule has 1 amide bonds. The van der Waals surface area contributed by atoms with Crippen molar-refractivity contribution in [1.82, 2.24) is 10.2 Å². The summed E-state index contributed by atoms with van der Waals surface area (Å²) < 4.78 is 10.8. The smallest absolute Gasteiger partial charge is 0.287 e. The Balaban J connectivity index is 1.85. The van der Waals surface area contributed by atoms with Gasteiger partial charge in [-0.15, -0.1) is 0 Å². The fourth-order valence-corrected chi connectivity index (χ4v) is 2.64. The first kappa shape index (κ1) is 17.0. The molecule has 1 aromatic heterocycles. The maximum absolute atomic E-state index is 12.1. The van der Waals surface area contributed by atoms with Crippen LogP contribution in [0.4, 0.5) is 0 Å². The van der Waals surface area contributed by atoms with Crippen LogP contribution in [-0.4, -0.2) is 60.9 Å². The van der Waals surface area contributed by atoms with Gasteiger partial charge in [0, 0.05) is 32.6 Å². The van der Waals surface area contributed by atoms with Gasteiger partial charge >= 0.3 is 0 Å². The summed E-state index contributed by atoms with van der Waals surface area (Å²) in [4.78, 5) is 14.3. The number of morpholine rings is 1. The summed E-state index contributed by atoms with van der Waals surface area (Å²) in [6.07, 6.45) is 0.758. The highest BCUT2D eigenvalue weighted by Gasteiger charge is 2.26. The van der Waals surface area contributed by atoms with Gasteiger partial charge in [0.2, 0.25) is 0 Å². The van der Waals surface area contributed by atoms with Crippen LogP contribution >= 0.6 is 0 Å². The largest absolute Gasteiger partial charge is 0.456 e. The molecule has 1 aliphatic rings. The van der Waals surface area contributed by atoms with Crippen molar-refractivity contribution in [2.45, 2.75) is 32.8 Å². The Morgan fingerprint density at radius 1 is 1.45 bits per heavy atom. The summed E-state index contributed by atoms with van der Waals surface area (Å²) >= 11 is 0. The summed E-state index contributed by atoms with van der Waals surface area (Å²) in [5.41, 5.74) is -0.00453. The van der Waals surface area contributed by atoms with E-state index in [0.717, 1.165) is 30.8 Å². The Kier molecular flexibility index (Phi) is 5.61. The number of hydrogen-bond acceptors (Lipinski definition) is 5. The number of rotatable bonds is 6. The van der Waals surface area contributed by atoms with Crippen molar-refractivity contribution in [1.29, 1.82) is 0 Å². The highest BCUT2D eigenvalue weighted by atomic mass is 16.5. The van der Waals surface area contributed by atoms with Gasteiger partial charge in [0.25, 0.3) is 5.91 Å². The normalized spacial score (nSPS) is 18.9. The van der Waals surface area contributed by atoms with Crippen molar-refractivity contribution in [2.24, 2.45) is 0 Å². The number of ether oxygens (including phenoxy) is 1. The third-order valence-corrected chi connectivity index (χ3v) is 3.86. The van der Waals surface area contributed by atoms with Crippen molar-refractivity contribution >= 4 is 5.91 Å². The second kappa shape index (κ2) is 7.26. The van der Waals surface area contributed by atoms with E-state index in [1.54, 1.807) is 13.0 Å². The van der Waals surface area contributed by atoms with Gasteiger partial charge in [-0.1, -0.05) is 6.92 Å². The second-order valence-corrected chi connectivity index (χ2v) is 6.14. The molecule has 1 saturated heterocycles. The maximum Gasteiger partial charge on any atom is 0.287 e. The van der Waals surface area contributed by atoms with Gasteiger partial charge in [0.1, 0.15) is 5.76 Å². The summed E-state index contributed by atoms with van der Waals surface area (Å²) in [5, 5.41) is 13.2. The molecular weight excluding hydrogens is 284 g/mol. The highest BCUT2D eigenvalue weighted by Crippen LogP contribution is 2.15. The Labute approximate surface area is 131 Å². The summed E-state index contributed by atoms with van der Waals surface area (Å²) in [6.45, 7) is 9.32. The van der Waals surface area contributed by atoms with Crippen LogP contribution in [0.5, 0.6) is 0 Å². The number of carbonyl (C=O) groups is 1. The van der Waals surface area contributed by atoms with E-state index in [2.05, 4.69) is 10.2 Å². The van der Waals surface area contributed by atoms with E-state index in [0.29, 0.717) is 25.5 Å². The van der Waals surface area contributed by atoms with Crippen LogP contribution < -0.4 is 5.32 Å². The molecule has 6 heteroatoms. The molecule has 6 nitrogen and oxygen atoms in total. The number of aryl methyl sites for hydroxylation is 2. The Morgan fingerprint density at radius 3 is 2.73 bits per heavy atom. The van der Waals surface area contributed by atoms with Crippen LogP contribution in [0.1, 0.15) is 35.7 Å². The first-order chi connectivity index (χ1) is 10.4. The number of carbonyl (C=O) groups excluding carboxylic acids is 1. The van der Waals surface area contributed by atoms with Crippen LogP contribution in [0, 0.1) is 6.92 Å². The molecule has 2 heterocycles. The van der Waals surface area contributed by atoms with E-state index in [9.17, 15) is 9.90 Å². The van der Waals surface area contributed by atoms with E-state index in [1.807, 2.05) is 13.8 Å². The Morgan fingerprint density at radius 2 is 2.14 bits per heavy atom. The Hall–Kier alpha value is -1.37. The lowest BCUT2D eigenvalue weighted by molar-refractivity contribution is -0.0214. The van der Waals surface area contributed by atoms with E-state index < -0.39 is 5.60 Å². The highest BCUT2D eigenvalue weighted by molar-refractivity contribution is 5.91. The molecular formula is C16H26N2O4. The average molecular weight is 310 g/mol. The molecule has 1 atom stereocenters. The minimum Gasteiger partial charge on any atom is -0.456 e. The lowest BCUT2D eigenvalue weighted by atomic mass is 10.1. The minimum absolute atomic E-state index is 0.185. The fraction of sp³-hybridized carbons (Fsp3) is 0.688. The van der Waals surface area contributed by atoms with Crippen LogP contribution in [-0.2, 0) is 11.2 Å². The Bertz CT molecular complexity index is 504. The quantitative estimate of drug-likeness (QED) is 0.819. The van der Waals surface area contributed by atoms with E-state index in [-0.39, 0.29) is 12.5 Å². The van der Waals surface area contributed by atoms with E-state index in [4.69, 9.17) is 9.15 Å². The number of hydrogen-bond donors (Lipinski definition) is 2. The van der Waals surface area contributed by atoms with Crippen molar-refractivity contribution in [3.63, 3.8) is 0 Å². The van der Waals surface area contributed by atoms with Gasteiger partial charge in [0.05, 0.1) is 18.8 Å². The number of amides is 1. The first-order valence-corrected chi connectivity index (χ1v) is 7.81. The van der Waals surface area contributed by atoms with Crippen LogP contribution in [0.3, 0.4) is 0 Å². The van der Waals surface area contributed by atoms with E-state index in [1.165, 1.54) is 0 Å². The van der Waals surface area contributed by atoms with Crippen molar-refractivity contribution < 1.29 is 19.1 Å². The molecule has 0 aromatic carbocycles. The van der Waals surface area contributed by atoms with Gasteiger partial charge < -0.3 is 19.6 Å². The standard InChI is InChI=1S/C16H26N2O4/c1-4-13-12(2)9-14(22-13)15(19)17-10-16(3,20)11-18-5-7-21-8-6-18/h9,20H,4-8,10-11H2,1-3H3,(H,17,19). The zero-order valence-electron chi connectivity index (χ0n) is 13.6. The number of nitrogens with zero attached hydrogens (tertiary/aromatic N) is 1. The molecule has 1 aliphatic heterocycles. The zero-order chi connectivity index (χ0) is 16.2. The predicted molar refractivity (Wildman–Crippen MR) is 83.0 cm³/mol. The van der Waals surface area contributed by atoms with E-state index >= 15 is 0 Å². The molecule has 0 radical (unpaired) electrons. The van der Waals surface area contributed by atoms with Gasteiger partial charge in [-0.25, -0.2) is 0 Å². The molecule has 22 heavy (non-hydrogen) atoms. The second-order valence-electron chi connectivity index (χ2n) is 6.14. The molecule has 0 aliphatic carbocycles. The summed E-state index contributed by atoms with van der Waals surface area (Å²) in [6, 6.07) is 1.74. The third-order valence-electron chi connectivity index (χ3n) is 3.86. The molecule has 2 rings (SSSR count). The summed E-state index contributed by atoms with van der Waals surface area (Å²) in [5.74, 6) is 0.840. The van der Waals surface area contributed by atoms with Crippen LogP contribution in [0.2, 0.25) is 0 Å². The minimum atomic E-state index is -0.984. The lowest BCUT2D eigenvalue weighted by Gasteiger charge is -2.33. The molecule has 0 spiro atoms. The summed E-state index contributed by atoms with van der Waals surface area (Å²) in [7, 11) is 0. The zero-order valence-corrected chi connectivity index (χ0v) is 13.6. The molecule has 124 valence electrons. The molecule has 0 bridgehead atoms. The SMILES string of the molecule is CCc1oc(C(=O)NCC(C)(O)CN2CCOCC2)cc1C. The number of aliphatic hydroxyl groups is 1. The fourth-order valence-electron chi connectivity index (χ4n) is 2.64. The molecule has 1 unspecified atom stereocenters. The van der Waals surface area contributed by atoms with Crippen molar-refractivity contribution in [3.05, 3.63) is 23.2 Å². The van der Waals surface area contributed by atoms with Gasteiger partial charge in [0.15, 0.2) is 5.76 Å². The predicted octanol–water partition coefficient (Wildman–Crippen LogP) is 0.963.